The molecule has 2 aliphatic rings. The van der Waals surface area contributed by atoms with Gasteiger partial charge >= 0.3 is 0 Å². The van der Waals surface area contributed by atoms with Gasteiger partial charge in [-0.05, 0) is 49.9 Å². The van der Waals surface area contributed by atoms with Crippen LogP contribution in [0.15, 0.2) is 24.3 Å². The number of aliphatic hydroxyl groups is 1. The minimum atomic E-state index is -3.63. The van der Waals surface area contributed by atoms with Crippen molar-refractivity contribution in [2.45, 2.75) is 49.9 Å². The smallest absolute Gasteiger partial charge is 0.253 e. The molecular weight excluding hydrogens is 328 g/mol. The number of anilines is 1. The van der Waals surface area contributed by atoms with E-state index in [2.05, 4.69) is 4.72 Å². The summed E-state index contributed by atoms with van der Waals surface area (Å²) in [6.07, 6.45) is 3.93. The number of nitrogens with one attached hydrogen (secondary N) is 1. The number of aliphatic hydroxyl groups excluding tert-OH is 1. The zero-order chi connectivity index (χ0) is 17.2. The van der Waals surface area contributed by atoms with Crippen molar-refractivity contribution >= 4 is 21.6 Å². The van der Waals surface area contributed by atoms with E-state index in [-0.39, 0.29) is 5.91 Å². The van der Waals surface area contributed by atoms with Crippen molar-refractivity contribution < 1.29 is 18.3 Å². The SMILES string of the molecule is O=C(c1ccc(NS(=O)(=O)C2CCCCC2O)cc1)N1CCCC1. The third kappa shape index (κ3) is 3.72. The van der Waals surface area contributed by atoms with Crippen molar-refractivity contribution in [3.8, 4) is 0 Å². The minimum absolute atomic E-state index is 0.00962. The van der Waals surface area contributed by atoms with Crippen molar-refractivity contribution in [3.05, 3.63) is 29.8 Å². The lowest BCUT2D eigenvalue weighted by molar-refractivity contribution is 0.0793. The Labute approximate surface area is 142 Å². The molecule has 7 heteroatoms. The molecule has 2 fully saturated rings. The summed E-state index contributed by atoms with van der Waals surface area (Å²) >= 11 is 0. The fraction of sp³-hybridized carbons (Fsp3) is 0.588. The Bertz CT molecular complexity index is 681. The molecule has 24 heavy (non-hydrogen) atoms. The number of hydrogen-bond donors (Lipinski definition) is 2. The number of carbonyl (C=O) groups is 1. The molecule has 1 aromatic rings. The lowest BCUT2D eigenvalue weighted by Crippen LogP contribution is -2.40. The van der Waals surface area contributed by atoms with Gasteiger partial charge in [-0.2, -0.15) is 0 Å². The molecule has 1 aliphatic heterocycles. The molecule has 3 rings (SSSR count). The third-order valence-electron chi connectivity index (χ3n) is 4.85. The second-order valence-electron chi connectivity index (χ2n) is 6.61. The Balaban J connectivity index is 1.68. The van der Waals surface area contributed by atoms with Crippen LogP contribution in [0.1, 0.15) is 48.9 Å². The van der Waals surface area contributed by atoms with Crippen LogP contribution in [-0.2, 0) is 10.0 Å². The van der Waals surface area contributed by atoms with Gasteiger partial charge in [0.25, 0.3) is 5.91 Å². The average Bonchev–Trinajstić information content (AvgIpc) is 3.09. The molecule has 0 radical (unpaired) electrons. The maximum absolute atomic E-state index is 12.4. The van der Waals surface area contributed by atoms with E-state index in [9.17, 15) is 18.3 Å². The van der Waals surface area contributed by atoms with Crippen LogP contribution >= 0.6 is 0 Å². The minimum Gasteiger partial charge on any atom is -0.392 e. The van der Waals surface area contributed by atoms with E-state index in [0.29, 0.717) is 24.1 Å². The molecule has 1 aromatic carbocycles. The molecule has 1 aliphatic carbocycles. The van der Waals surface area contributed by atoms with Crippen molar-refractivity contribution in [1.29, 1.82) is 0 Å². The highest BCUT2D eigenvalue weighted by Gasteiger charge is 2.34. The van der Waals surface area contributed by atoms with Crippen molar-refractivity contribution in [3.63, 3.8) is 0 Å². The normalized spacial score (nSPS) is 24.8. The molecule has 1 saturated heterocycles. The number of carbonyl (C=O) groups excluding carboxylic acids is 1. The van der Waals surface area contributed by atoms with E-state index in [1.165, 1.54) is 0 Å². The predicted molar refractivity (Wildman–Crippen MR) is 92.4 cm³/mol. The van der Waals surface area contributed by atoms with Crippen molar-refractivity contribution in [2.24, 2.45) is 0 Å². The Hall–Kier alpha value is -1.60. The third-order valence-corrected chi connectivity index (χ3v) is 6.72. The molecule has 1 saturated carbocycles. The van der Waals surface area contributed by atoms with E-state index in [4.69, 9.17) is 0 Å². The maximum atomic E-state index is 12.4. The fourth-order valence-corrected chi connectivity index (χ4v) is 5.11. The van der Waals surface area contributed by atoms with Gasteiger partial charge in [0, 0.05) is 24.3 Å². The van der Waals surface area contributed by atoms with Gasteiger partial charge < -0.3 is 10.0 Å². The van der Waals surface area contributed by atoms with Gasteiger partial charge in [0.05, 0.1) is 6.10 Å². The first-order valence-electron chi connectivity index (χ1n) is 8.56. The van der Waals surface area contributed by atoms with Crippen LogP contribution < -0.4 is 4.72 Å². The topological polar surface area (TPSA) is 86.7 Å². The Morgan fingerprint density at radius 3 is 2.29 bits per heavy atom. The summed E-state index contributed by atoms with van der Waals surface area (Å²) in [4.78, 5) is 14.1. The van der Waals surface area contributed by atoms with Gasteiger partial charge in [0.1, 0.15) is 5.25 Å². The average molecular weight is 352 g/mol. The van der Waals surface area contributed by atoms with Gasteiger partial charge in [-0.25, -0.2) is 8.42 Å². The predicted octanol–water partition coefficient (Wildman–Crippen LogP) is 1.97. The molecule has 132 valence electrons. The highest BCUT2D eigenvalue weighted by molar-refractivity contribution is 7.93. The zero-order valence-electron chi connectivity index (χ0n) is 13.6. The van der Waals surface area contributed by atoms with Crippen molar-refractivity contribution in [1.82, 2.24) is 4.90 Å². The molecule has 0 spiro atoms. The Morgan fingerprint density at radius 2 is 1.67 bits per heavy atom. The second-order valence-corrected chi connectivity index (χ2v) is 8.51. The summed E-state index contributed by atoms with van der Waals surface area (Å²) in [5, 5.41) is 9.18. The number of rotatable bonds is 4. The number of likely N-dealkylation sites (tertiary alicyclic amines) is 1. The molecule has 2 unspecified atom stereocenters. The van der Waals surface area contributed by atoms with Gasteiger partial charge in [0.2, 0.25) is 10.0 Å². The second kappa shape index (κ2) is 7.11. The van der Waals surface area contributed by atoms with Gasteiger partial charge in [-0.15, -0.1) is 0 Å². The first kappa shape index (κ1) is 17.2. The summed E-state index contributed by atoms with van der Waals surface area (Å²) in [5.41, 5.74) is 0.989. The summed E-state index contributed by atoms with van der Waals surface area (Å²) in [6.45, 7) is 1.57. The maximum Gasteiger partial charge on any atom is 0.253 e. The van der Waals surface area contributed by atoms with Gasteiger partial charge in [-0.1, -0.05) is 12.8 Å². The van der Waals surface area contributed by atoms with Crippen LogP contribution in [-0.4, -0.2) is 48.8 Å². The van der Waals surface area contributed by atoms with Crippen molar-refractivity contribution in [2.75, 3.05) is 17.8 Å². The highest BCUT2D eigenvalue weighted by Crippen LogP contribution is 2.26. The zero-order valence-corrected chi connectivity index (χ0v) is 14.5. The number of nitrogens with zero attached hydrogens (tertiary/aromatic N) is 1. The number of hydrogen-bond acceptors (Lipinski definition) is 4. The van der Waals surface area contributed by atoms with E-state index < -0.39 is 21.4 Å². The Morgan fingerprint density at radius 1 is 1.04 bits per heavy atom. The monoisotopic (exact) mass is 352 g/mol. The number of amides is 1. The van der Waals surface area contributed by atoms with E-state index >= 15 is 0 Å². The lowest BCUT2D eigenvalue weighted by Gasteiger charge is -2.27. The van der Waals surface area contributed by atoms with E-state index in [1.807, 2.05) is 4.90 Å². The van der Waals surface area contributed by atoms with E-state index in [0.717, 1.165) is 38.8 Å². The van der Waals surface area contributed by atoms with Crippen LogP contribution in [0.4, 0.5) is 5.69 Å². The summed E-state index contributed by atoms with van der Waals surface area (Å²) in [5.74, 6) is -0.00962. The summed E-state index contributed by atoms with van der Waals surface area (Å²) < 4.78 is 27.4. The van der Waals surface area contributed by atoms with Crippen LogP contribution in [0.25, 0.3) is 0 Å². The largest absolute Gasteiger partial charge is 0.392 e. The van der Waals surface area contributed by atoms with Gasteiger partial charge in [0.15, 0.2) is 0 Å². The van der Waals surface area contributed by atoms with Gasteiger partial charge in [-0.3, -0.25) is 9.52 Å². The van der Waals surface area contributed by atoms with Crippen LogP contribution in [0.2, 0.25) is 0 Å². The number of sulfonamides is 1. The molecular formula is C17H24N2O4S. The van der Waals surface area contributed by atoms with E-state index in [1.54, 1.807) is 24.3 Å². The molecule has 0 bridgehead atoms. The first-order chi connectivity index (χ1) is 11.5. The standard InChI is InChI=1S/C17H24N2O4S/c20-15-5-1-2-6-16(15)24(22,23)18-14-9-7-13(8-10-14)17(21)19-11-3-4-12-19/h7-10,15-16,18,20H,1-6,11-12H2. The molecule has 1 amide bonds. The molecule has 0 aromatic heterocycles. The quantitative estimate of drug-likeness (QED) is 0.867. The number of benzene rings is 1. The first-order valence-corrected chi connectivity index (χ1v) is 10.1. The summed E-state index contributed by atoms with van der Waals surface area (Å²) in [7, 11) is -3.63. The molecule has 1 heterocycles. The van der Waals surface area contributed by atoms with Crippen LogP contribution in [0.5, 0.6) is 0 Å². The summed E-state index contributed by atoms with van der Waals surface area (Å²) in [6, 6.07) is 6.51. The Kier molecular flexibility index (Phi) is 5.10. The van der Waals surface area contributed by atoms with Crippen LogP contribution in [0, 0.1) is 0 Å². The molecule has 6 nitrogen and oxygen atoms in total. The van der Waals surface area contributed by atoms with Crippen LogP contribution in [0.3, 0.4) is 0 Å². The molecule has 2 atom stereocenters. The fourth-order valence-electron chi connectivity index (χ4n) is 3.46. The highest BCUT2D eigenvalue weighted by atomic mass is 32.2. The molecule has 2 N–H and O–H groups in total. The lowest BCUT2D eigenvalue weighted by atomic mass is 9.97.